The fourth-order valence-corrected chi connectivity index (χ4v) is 0.652. The number of hydrogen-bond donors (Lipinski definition) is 2. The van der Waals surface area contributed by atoms with Gasteiger partial charge < -0.3 is 10.2 Å². The summed E-state index contributed by atoms with van der Waals surface area (Å²) in [6.45, 7) is 0. The molecule has 0 saturated carbocycles. The lowest BCUT2D eigenvalue weighted by Gasteiger charge is -2.09. The van der Waals surface area contributed by atoms with Crippen LogP contribution in [0.5, 0.6) is 0 Å². The topological polar surface area (TPSA) is 40.5 Å². The largest absolute Gasteiger partial charge is 0.380 e. The first-order valence-corrected chi connectivity index (χ1v) is 2.66. The van der Waals surface area contributed by atoms with E-state index in [-0.39, 0.29) is 0 Å². The lowest BCUT2D eigenvalue weighted by molar-refractivity contribution is 0.161. The molecule has 2 heteroatoms. The van der Waals surface area contributed by atoms with Crippen LogP contribution in [0.3, 0.4) is 0 Å². The fraction of sp³-hybridized carbons (Fsp3) is 0.667. The van der Waals surface area contributed by atoms with Gasteiger partial charge in [-0.1, -0.05) is 11.8 Å². The molecule has 1 aliphatic rings. The Morgan fingerprint density at radius 2 is 1.38 bits per heavy atom. The van der Waals surface area contributed by atoms with Gasteiger partial charge in [-0.2, -0.15) is 0 Å². The van der Waals surface area contributed by atoms with Crippen molar-refractivity contribution in [3.8, 4) is 11.8 Å². The van der Waals surface area contributed by atoms with Gasteiger partial charge in [0.05, 0.1) is 0 Å². The summed E-state index contributed by atoms with van der Waals surface area (Å²) in [4.78, 5) is 0. The number of aliphatic hydroxyl groups is 2. The van der Waals surface area contributed by atoms with Crippen LogP contribution in [0, 0.1) is 11.8 Å². The van der Waals surface area contributed by atoms with Crippen LogP contribution in [0.1, 0.15) is 12.8 Å². The van der Waals surface area contributed by atoms with Crippen molar-refractivity contribution in [2.45, 2.75) is 25.0 Å². The van der Waals surface area contributed by atoms with Crippen molar-refractivity contribution in [3.05, 3.63) is 0 Å². The van der Waals surface area contributed by atoms with Gasteiger partial charge in [0.2, 0.25) is 0 Å². The van der Waals surface area contributed by atoms with Gasteiger partial charge in [0.1, 0.15) is 12.2 Å². The second-order valence-corrected chi connectivity index (χ2v) is 1.90. The third kappa shape index (κ3) is 1.22. The second kappa shape index (κ2) is 2.17. The first-order chi connectivity index (χ1) is 3.79. The molecule has 1 rings (SSSR count). The minimum absolute atomic E-state index is 0.501. The van der Waals surface area contributed by atoms with Crippen LogP contribution >= 0.6 is 0 Å². The first kappa shape index (κ1) is 5.61. The summed E-state index contributed by atoms with van der Waals surface area (Å²) in [7, 11) is 0. The molecular weight excluding hydrogens is 104 g/mol. The predicted molar refractivity (Wildman–Crippen MR) is 29.0 cm³/mol. The van der Waals surface area contributed by atoms with Crippen molar-refractivity contribution >= 4 is 0 Å². The van der Waals surface area contributed by atoms with Crippen molar-refractivity contribution < 1.29 is 10.2 Å². The SMILES string of the molecule is OC1C#CC(O)CC1. The Hall–Kier alpha value is -0.520. The average Bonchev–Trinajstić information content (AvgIpc) is 1.77. The predicted octanol–water partition coefficient (Wildman–Crippen LogP) is -0.495. The molecular formula is C6H8O2. The highest BCUT2D eigenvalue weighted by Gasteiger charge is 2.08. The van der Waals surface area contributed by atoms with E-state index in [2.05, 4.69) is 11.8 Å². The van der Waals surface area contributed by atoms with E-state index in [0.29, 0.717) is 12.8 Å². The van der Waals surface area contributed by atoms with E-state index < -0.39 is 12.2 Å². The molecule has 0 amide bonds. The monoisotopic (exact) mass is 112 g/mol. The Balaban J connectivity index is 2.52. The van der Waals surface area contributed by atoms with Crippen molar-refractivity contribution in [2.24, 2.45) is 0 Å². The van der Waals surface area contributed by atoms with Gasteiger partial charge in [0, 0.05) is 0 Å². The van der Waals surface area contributed by atoms with Gasteiger partial charge in [-0.25, -0.2) is 0 Å². The molecule has 0 saturated heterocycles. The Kier molecular flexibility index (Phi) is 1.52. The third-order valence-corrected chi connectivity index (χ3v) is 1.13. The maximum atomic E-state index is 8.74. The van der Waals surface area contributed by atoms with Crippen molar-refractivity contribution in [2.75, 3.05) is 0 Å². The van der Waals surface area contributed by atoms with Crippen LogP contribution in [0.25, 0.3) is 0 Å². The molecule has 1 aliphatic carbocycles. The fourth-order valence-electron chi connectivity index (χ4n) is 0.652. The molecule has 2 N–H and O–H groups in total. The van der Waals surface area contributed by atoms with Crippen molar-refractivity contribution in [3.63, 3.8) is 0 Å². The average molecular weight is 112 g/mol. The zero-order chi connectivity index (χ0) is 5.98. The first-order valence-electron chi connectivity index (χ1n) is 2.66. The standard InChI is InChI=1S/C6H8O2/c7-5-1-2-6(8)4-3-5/h5-8H,1-2H2. The van der Waals surface area contributed by atoms with E-state index in [0.717, 1.165) is 0 Å². The molecule has 0 bridgehead atoms. The van der Waals surface area contributed by atoms with E-state index in [9.17, 15) is 0 Å². The Bertz CT molecular complexity index is 117. The lowest BCUT2D eigenvalue weighted by Crippen LogP contribution is -2.15. The van der Waals surface area contributed by atoms with E-state index in [1.54, 1.807) is 0 Å². The number of hydrogen-bond acceptors (Lipinski definition) is 2. The molecule has 0 aromatic carbocycles. The van der Waals surface area contributed by atoms with Gasteiger partial charge in [-0.15, -0.1) is 0 Å². The van der Waals surface area contributed by atoms with E-state index in [1.807, 2.05) is 0 Å². The van der Waals surface area contributed by atoms with Crippen LogP contribution in [-0.4, -0.2) is 22.4 Å². The van der Waals surface area contributed by atoms with Gasteiger partial charge in [-0.3, -0.25) is 0 Å². The molecule has 8 heavy (non-hydrogen) atoms. The molecule has 2 atom stereocenters. The Labute approximate surface area is 48.1 Å². The zero-order valence-electron chi connectivity index (χ0n) is 4.46. The molecule has 0 aromatic heterocycles. The smallest absolute Gasteiger partial charge is 0.115 e. The highest BCUT2D eigenvalue weighted by atomic mass is 16.3. The Morgan fingerprint density at radius 3 is 1.62 bits per heavy atom. The summed E-state index contributed by atoms with van der Waals surface area (Å²) < 4.78 is 0. The molecule has 0 fully saturated rings. The van der Waals surface area contributed by atoms with E-state index in [4.69, 9.17) is 10.2 Å². The molecule has 0 aliphatic heterocycles. The Morgan fingerprint density at radius 1 is 1.00 bits per heavy atom. The van der Waals surface area contributed by atoms with Crippen LogP contribution in [0.4, 0.5) is 0 Å². The minimum atomic E-state index is -0.501. The summed E-state index contributed by atoms with van der Waals surface area (Å²) >= 11 is 0. The third-order valence-electron chi connectivity index (χ3n) is 1.13. The molecule has 0 aromatic rings. The lowest BCUT2D eigenvalue weighted by atomic mass is 10.1. The highest BCUT2D eigenvalue weighted by Crippen LogP contribution is 2.04. The van der Waals surface area contributed by atoms with E-state index >= 15 is 0 Å². The van der Waals surface area contributed by atoms with Crippen LogP contribution < -0.4 is 0 Å². The minimum Gasteiger partial charge on any atom is -0.380 e. The van der Waals surface area contributed by atoms with Crippen LogP contribution in [0.2, 0.25) is 0 Å². The van der Waals surface area contributed by atoms with Gasteiger partial charge >= 0.3 is 0 Å². The van der Waals surface area contributed by atoms with Gasteiger partial charge in [0.25, 0.3) is 0 Å². The summed E-state index contributed by atoms with van der Waals surface area (Å²) in [6.07, 6.45) is 0.208. The van der Waals surface area contributed by atoms with Gasteiger partial charge in [-0.05, 0) is 12.8 Å². The summed E-state index contributed by atoms with van der Waals surface area (Å²) in [5, 5.41) is 17.5. The molecule has 0 radical (unpaired) electrons. The van der Waals surface area contributed by atoms with Crippen LogP contribution in [-0.2, 0) is 0 Å². The second-order valence-electron chi connectivity index (χ2n) is 1.90. The normalized spacial score (nSPS) is 35.8. The summed E-state index contributed by atoms with van der Waals surface area (Å²) in [6, 6.07) is 0. The maximum absolute atomic E-state index is 8.74. The summed E-state index contributed by atoms with van der Waals surface area (Å²) in [5.41, 5.74) is 0. The number of aliphatic hydroxyl groups excluding tert-OH is 2. The zero-order valence-corrected chi connectivity index (χ0v) is 4.46. The quantitative estimate of drug-likeness (QED) is 0.415. The number of rotatable bonds is 0. The van der Waals surface area contributed by atoms with Crippen LogP contribution in [0.15, 0.2) is 0 Å². The molecule has 0 heterocycles. The molecule has 2 unspecified atom stereocenters. The van der Waals surface area contributed by atoms with Crippen molar-refractivity contribution in [1.82, 2.24) is 0 Å². The maximum Gasteiger partial charge on any atom is 0.115 e. The van der Waals surface area contributed by atoms with Crippen molar-refractivity contribution in [1.29, 1.82) is 0 Å². The highest BCUT2D eigenvalue weighted by molar-refractivity contribution is 5.12. The van der Waals surface area contributed by atoms with E-state index in [1.165, 1.54) is 0 Å². The van der Waals surface area contributed by atoms with Gasteiger partial charge in [0.15, 0.2) is 0 Å². The summed E-state index contributed by atoms with van der Waals surface area (Å²) in [5.74, 6) is 4.97. The molecule has 0 spiro atoms. The molecule has 44 valence electrons. The molecule has 2 nitrogen and oxygen atoms in total.